The smallest absolute Gasteiger partial charge is 0.306 e. The van der Waals surface area contributed by atoms with E-state index in [4.69, 9.17) is 14.2 Å². The standard InChI is InChI=1S/C76H136O6/c1-4-7-10-13-16-19-22-25-28-31-32-33-34-35-36-37-38-39-40-41-42-43-46-48-51-54-57-60-63-66-69-75(78)81-72-73(82-76(79)70-67-64-61-58-55-52-49-45-30-27-24-21-18-15-12-9-6-3)71-80-74(77)68-65-62-59-56-53-50-47-44-29-26-23-20-17-14-11-8-5-2/h9,12,18,21,26-27,29-30,49,52,58,61,73H,4-8,10-11,13-17,19-20,22-25,28,31-48,50-51,53-57,59-60,62-72H2,1-3H3/b12-9-,21-18-,29-26-,30-27-,52-49-,61-58-. The first kappa shape index (κ1) is 78.8. The van der Waals surface area contributed by atoms with Crippen LogP contribution >= 0.6 is 0 Å². The first-order valence-electron chi connectivity index (χ1n) is 35.9. The molecule has 1 atom stereocenters. The molecule has 0 spiro atoms. The number of carbonyl (C=O) groups is 3. The van der Waals surface area contributed by atoms with Crippen molar-refractivity contribution in [1.82, 2.24) is 0 Å². The molecule has 0 aromatic carbocycles. The molecule has 0 aliphatic rings. The monoisotopic (exact) mass is 1150 g/mol. The molecular weight excluding hydrogens is 1010 g/mol. The zero-order chi connectivity index (χ0) is 59.2. The van der Waals surface area contributed by atoms with E-state index in [1.165, 1.54) is 250 Å². The van der Waals surface area contributed by atoms with E-state index in [0.29, 0.717) is 19.3 Å². The van der Waals surface area contributed by atoms with Gasteiger partial charge in [-0.1, -0.05) is 344 Å². The Bertz CT molecular complexity index is 1500. The minimum Gasteiger partial charge on any atom is -0.462 e. The SMILES string of the molecule is CC/C=C\C/C=C\C/C=C\C/C=C\C/C=C\CCCC(=O)OC(COC(=O)CCCCCCCCC/C=C\CCCCCCCC)COC(=O)CCCCCCCCCCCCCCCCCCCCCCCCCCCCCCCC. The van der Waals surface area contributed by atoms with Crippen molar-refractivity contribution in [3.63, 3.8) is 0 Å². The molecule has 0 aromatic heterocycles. The highest BCUT2D eigenvalue weighted by Crippen LogP contribution is 2.18. The van der Waals surface area contributed by atoms with Crippen LogP contribution in [0.25, 0.3) is 0 Å². The summed E-state index contributed by atoms with van der Waals surface area (Å²) in [7, 11) is 0. The second-order valence-electron chi connectivity index (χ2n) is 24.1. The minimum absolute atomic E-state index is 0.0961. The molecule has 0 bridgehead atoms. The average molecular weight is 1150 g/mol. The lowest BCUT2D eigenvalue weighted by Crippen LogP contribution is -2.30. The molecule has 0 aliphatic heterocycles. The van der Waals surface area contributed by atoms with Gasteiger partial charge < -0.3 is 14.2 Å². The van der Waals surface area contributed by atoms with Gasteiger partial charge in [-0.05, 0) is 83.5 Å². The number of carbonyl (C=O) groups excluding carboxylic acids is 3. The van der Waals surface area contributed by atoms with E-state index < -0.39 is 6.10 Å². The number of allylic oxidation sites excluding steroid dienone is 12. The van der Waals surface area contributed by atoms with E-state index in [1.807, 2.05) is 0 Å². The predicted octanol–water partition coefficient (Wildman–Crippen LogP) is 24.8. The third kappa shape index (κ3) is 67.6. The molecule has 6 heteroatoms. The maximum atomic E-state index is 12.9. The number of hydrogen-bond acceptors (Lipinski definition) is 6. The fourth-order valence-electron chi connectivity index (χ4n) is 10.6. The Kier molecular flexibility index (Phi) is 67.6. The summed E-state index contributed by atoms with van der Waals surface area (Å²) in [5.41, 5.74) is 0. The van der Waals surface area contributed by atoms with E-state index in [1.54, 1.807) is 0 Å². The summed E-state index contributed by atoms with van der Waals surface area (Å²) in [6.45, 7) is 6.53. The van der Waals surface area contributed by atoms with Crippen LogP contribution in [0.2, 0.25) is 0 Å². The quantitative estimate of drug-likeness (QED) is 0.0261. The van der Waals surface area contributed by atoms with Gasteiger partial charge in [-0.2, -0.15) is 0 Å². The van der Waals surface area contributed by atoms with Crippen LogP contribution in [0.4, 0.5) is 0 Å². The lowest BCUT2D eigenvalue weighted by Gasteiger charge is -2.18. The van der Waals surface area contributed by atoms with Gasteiger partial charge >= 0.3 is 17.9 Å². The summed E-state index contributed by atoms with van der Waals surface area (Å²) in [5, 5.41) is 0. The number of esters is 3. The lowest BCUT2D eigenvalue weighted by molar-refractivity contribution is -0.167. The molecule has 0 heterocycles. The van der Waals surface area contributed by atoms with Gasteiger partial charge in [0.2, 0.25) is 0 Å². The highest BCUT2D eigenvalue weighted by Gasteiger charge is 2.19. The Balaban J connectivity index is 4.26. The van der Waals surface area contributed by atoms with Gasteiger partial charge in [0.1, 0.15) is 13.2 Å². The van der Waals surface area contributed by atoms with Crippen molar-refractivity contribution < 1.29 is 28.6 Å². The van der Waals surface area contributed by atoms with Gasteiger partial charge in [0.15, 0.2) is 6.10 Å². The van der Waals surface area contributed by atoms with E-state index in [-0.39, 0.29) is 37.5 Å². The van der Waals surface area contributed by atoms with Crippen molar-refractivity contribution in [3.05, 3.63) is 72.9 Å². The Morgan fingerprint density at radius 1 is 0.256 bits per heavy atom. The normalized spacial score (nSPS) is 12.5. The van der Waals surface area contributed by atoms with Crippen LogP contribution in [-0.2, 0) is 28.6 Å². The van der Waals surface area contributed by atoms with Gasteiger partial charge in [-0.25, -0.2) is 0 Å². The Hall–Kier alpha value is -3.15. The molecule has 0 rings (SSSR count). The van der Waals surface area contributed by atoms with Crippen LogP contribution in [0.5, 0.6) is 0 Å². The third-order valence-corrected chi connectivity index (χ3v) is 15.9. The van der Waals surface area contributed by atoms with Crippen LogP contribution in [0.3, 0.4) is 0 Å². The van der Waals surface area contributed by atoms with Crippen molar-refractivity contribution in [1.29, 1.82) is 0 Å². The van der Waals surface area contributed by atoms with E-state index in [0.717, 1.165) is 77.0 Å². The van der Waals surface area contributed by atoms with Crippen molar-refractivity contribution in [2.24, 2.45) is 0 Å². The summed E-state index contributed by atoms with van der Waals surface area (Å²) in [5.74, 6) is -0.940. The fourth-order valence-corrected chi connectivity index (χ4v) is 10.6. The molecule has 0 amide bonds. The number of rotatable bonds is 66. The first-order valence-corrected chi connectivity index (χ1v) is 35.9. The molecule has 0 saturated carbocycles. The second-order valence-corrected chi connectivity index (χ2v) is 24.1. The zero-order valence-corrected chi connectivity index (χ0v) is 54.8. The topological polar surface area (TPSA) is 78.9 Å². The molecule has 82 heavy (non-hydrogen) atoms. The van der Waals surface area contributed by atoms with Gasteiger partial charge in [0.25, 0.3) is 0 Å². The van der Waals surface area contributed by atoms with Crippen LogP contribution in [0.1, 0.15) is 374 Å². The average Bonchev–Trinajstić information content (AvgIpc) is 3.47. The maximum absolute atomic E-state index is 12.9. The number of hydrogen-bond donors (Lipinski definition) is 0. The minimum atomic E-state index is -0.807. The van der Waals surface area contributed by atoms with Crippen molar-refractivity contribution in [3.8, 4) is 0 Å². The largest absolute Gasteiger partial charge is 0.462 e. The Labute approximate surface area is 510 Å². The summed E-state index contributed by atoms with van der Waals surface area (Å²) < 4.78 is 16.9. The molecule has 476 valence electrons. The third-order valence-electron chi connectivity index (χ3n) is 15.9. The summed E-state index contributed by atoms with van der Waals surface area (Å²) in [4.78, 5) is 38.4. The van der Waals surface area contributed by atoms with Crippen LogP contribution < -0.4 is 0 Å². The zero-order valence-electron chi connectivity index (χ0n) is 54.8. The van der Waals surface area contributed by atoms with Gasteiger partial charge in [-0.15, -0.1) is 0 Å². The Morgan fingerprint density at radius 2 is 0.488 bits per heavy atom. The fraction of sp³-hybridized carbons (Fsp3) is 0.803. The molecule has 0 aromatic rings. The van der Waals surface area contributed by atoms with Crippen LogP contribution in [-0.4, -0.2) is 37.2 Å². The molecule has 0 radical (unpaired) electrons. The Morgan fingerprint density at radius 3 is 0.793 bits per heavy atom. The molecule has 0 saturated heterocycles. The van der Waals surface area contributed by atoms with E-state index >= 15 is 0 Å². The molecule has 6 nitrogen and oxygen atoms in total. The lowest BCUT2D eigenvalue weighted by atomic mass is 10.0. The highest BCUT2D eigenvalue weighted by atomic mass is 16.6. The molecular formula is C76H136O6. The van der Waals surface area contributed by atoms with Crippen LogP contribution in [0, 0.1) is 0 Å². The molecule has 1 unspecified atom stereocenters. The highest BCUT2D eigenvalue weighted by molar-refractivity contribution is 5.71. The summed E-state index contributed by atoms with van der Waals surface area (Å²) in [6.07, 6.45) is 92.4. The van der Waals surface area contributed by atoms with Crippen molar-refractivity contribution >= 4 is 17.9 Å². The first-order chi connectivity index (χ1) is 40.5. The molecule has 0 N–H and O–H groups in total. The van der Waals surface area contributed by atoms with Gasteiger partial charge in [-0.3, -0.25) is 14.4 Å². The second kappa shape index (κ2) is 70.3. The van der Waals surface area contributed by atoms with Gasteiger partial charge in [0, 0.05) is 19.3 Å². The summed E-state index contributed by atoms with van der Waals surface area (Å²) in [6, 6.07) is 0. The molecule has 0 aliphatic carbocycles. The summed E-state index contributed by atoms with van der Waals surface area (Å²) >= 11 is 0. The van der Waals surface area contributed by atoms with E-state index in [9.17, 15) is 14.4 Å². The maximum Gasteiger partial charge on any atom is 0.306 e. The van der Waals surface area contributed by atoms with E-state index in [2.05, 4.69) is 93.7 Å². The molecule has 0 fully saturated rings. The van der Waals surface area contributed by atoms with Crippen molar-refractivity contribution in [2.75, 3.05) is 13.2 Å². The van der Waals surface area contributed by atoms with Gasteiger partial charge in [0.05, 0.1) is 0 Å². The van der Waals surface area contributed by atoms with Crippen LogP contribution in [0.15, 0.2) is 72.9 Å². The van der Waals surface area contributed by atoms with Crippen molar-refractivity contribution in [2.45, 2.75) is 380 Å². The number of ether oxygens (including phenoxy) is 3. The predicted molar refractivity (Wildman–Crippen MR) is 358 cm³/mol. The number of unbranched alkanes of at least 4 members (excludes halogenated alkanes) is 43.